The first kappa shape index (κ1) is 21.3. The highest BCUT2D eigenvalue weighted by atomic mass is 32.1. The second-order valence-electron chi connectivity index (χ2n) is 6.32. The molecular formula is C20H22N2O5S. The summed E-state index contributed by atoms with van der Waals surface area (Å²) in [6, 6.07) is 5.84. The summed E-state index contributed by atoms with van der Waals surface area (Å²) in [6.45, 7) is 7.39. The van der Waals surface area contributed by atoms with Crippen LogP contribution in [-0.4, -0.2) is 22.9 Å². The summed E-state index contributed by atoms with van der Waals surface area (Å²) in [5.74, 6) is -0.855. The fraction of sp³-hybridized carbons (Fsp3) is 0.300. The van der Waals surface area contributed by atoms with Gasteiger partial charge in [-0.25, -0.2) is 4.79 Å². The number of benzene rings is 1. The number of non-ortho nitro benzene ring substituents is 1. The number of carbonyl (C=O) groups excluding carboxylic acids is 2. The number of nitrogens with zero attached hydrogens (tertiary/aromatic N) is 1. The first-order valence-electron chi connectivity index (χ1n) is 8.79. The molecule has 8 heteroatoms. The van der Waals surface area contributed by atoms with Crippen LogP contribution in [0.3, 0.4) is 0 Å². The molecule has 2 aromatic rings. The lowest BCUT2D eigenvalue weighted by Gasteiger charge is -2.10. The normalized spacial score (nSPS) is 11.0. The molecule has 0 unspecified atom stereocenters. The Balaban J connectivity index is 2.19. The van der Waals surface area contributed by atoms with Gasteiger partial charge in [-0.3, -0.25) is 14.9 Å². The van der Waals surface area contributed by atoms with Crippen molar-refractivity contribution < 1.29 is 19.2 Å². The number of anilines is 1. The van der Waals surface area contributed by atoms with E-state index in [0.29, 0.717) is 22.5 Å². The van der Waals surface area contributed by atoms with E-state index in [4.69, 9.17) is 4.74 Å². The number of ether oxygens (including phenoxy) is 1. The minimum atomic E-state index is -0.484. The van der Waals surface area contributed by atoms with E-state index in [1.165, 1.54) is 29.5 Å². The molecule has 7 nitrogen and oxygen atoms in total. The minimum absolute atomic E-state index is 0.0175. The van der Waals surface area contributed by atoms with E-state index >= 15 is 0 Å². The largest absolute Gasteiger partial charge is 0.459 e. The molecule has 0 aliphatic heterocycles. The van der Waals surface area contributed by atoms with Gasteiger partial charge >= 0.3 is 5.97 Å². The van der Waals surface area contributed by atoms with Crippen molar-refractivity contribution in [2.24, 2.45) is 0 Å². The van der Waals surface area contributed by atoms with E-state index in [2.05, 4.69) is 5.32 Å². The van der Waals surface area contributed by atoms with Crippen LogP contribution in [0.1, 0.15) is 47.1 Å². The van der Waals surface area contributed by atoms with Crippen molar-refractivity contribution >= 4 is 40.0 Å². The molecular weight excluding hydrogens is 380 g/mol. The van der Waals surface area contributed by atoms with Crippen LogP contribution < -0.4 is 5.32 Å². The Kier molecular flexibility index (Phi) is 7.06. The van der Waals surface area contributed by atoms with Crippen LogP contribution in [0.15, 0.2) is 30.3 Å². The van der Waals surface area contributed by atoms with E-state index in [1.54, 1.807) is 32.1 Å². The number of thiophene rings is 1. The molecule has 0 spiro atoms. The van der Waals surface area contributed by atoms with E-state index in [9.17, 15) is 19.7 Å². The Morgan fingerprint density at radius 2 is 1.93 bits per heavy atom. The van der Waals surface area contributed by atoms with Crippen LogP contribution in [0.2, 0.25) is 0 Å². The van der Waals surface area contributed by atoms with E-state index in [-0.39, 0.29) is 11.8 Å². The second kappa shape index (κ2) is 9.27. The third kappa shape index (κ3) is 5.26. The van der Waals surface area contributed by atoms with Gasteiger partial charge in [0.2, 0.25) is 5.91 Å². The third-order valence-corrected chi connectivity index (χ3v) is 4.94. The highest BCUT2D eigenvalue weighted by Crippen LogP contribution is 2.34. The molecule has 0 saturated carbocycles. The van der Waals surface area contributed by atoms with Gasteiger partial charge in [-0.2, -0.15) is 0 Å². The maximum atomic E-state index is 12.5. The number of esters is 1. The SMILES string of the molecule is CCc1c(C)sc(NC(=O)/C=C/c2ccc([N+](=O)[O-])cc2)c1C(=O)OC(C)C. The lowest BCUT2D eigenvalue weighted by molar-refractivity contribution is -0.384. The van der Waals surface area contributed by atoms with Crippen LogP contribution >= 0.6 is 11.3 Å². The molecule has 0 fully saturated rings. The maximum absolute atomic E-state index is 12.5. The van der Waals surface area contributed by atoms with Crippen LogP contribution in [0.4, 0.5) is 10.7 Å². The quantitative estimate of drug-likeness (QED) is 0.312. The molecule has 0 saturated heterocycles. The van der Waals surface area contributed by atoms with Crippen LogP contribution in [0, 0.1) is 17.0 Å². The highest BCUT2D eigenvalue weighted by Gasteiger charge is 2.23. The average molecular weight is 402 g/mol. The summed E-state index contributed by atoms with van der Waals surface area (Å²) in [5.41, 5.74) is 1.90. The number of hydrogen-bond acceptors (Lipinski definition) is 6. The van der Waals surface area contributed by atoms with Crippen LogP contribution in [0.5, 0.6) is 0 Å². The van der Waals surface area contributed by atoms with Gasteiger partial charge in [0.25, 0.3) is 5.69 Å². The van der Waals surface area contributed by atoms with Gasteiger partial charge in [0, 0.05) is 23.1 Å². The second-order valence-corrected chi connectivity index (χ2v) is 7.54. The number of amides is 1. The zero-order valence-electron chi connectivity index (χ0n) is 16.1. The van der Waals surface area contributed by atoms with E-state index in [0.717, 1.165) is 10.4 Å². The van der Waals surface area contributed by atoms with Crippen LogP contribution in [0.25, 0.3) is 6.08 Å². The van der Waals surface area contributed by atoms with Gasteiger partial charge in [-0.05, 0) is 56.5 Å². The fourth-order valence-electron chi connectivity index (χ4n) is 2.61. The number of nitrogens with one attached hydrogen (secondary N) is 1. The molecule has 0 radical (unpaired) electrons. The topological polar surface area (TPSA) is 98.5 Å². The van der Waals surface area contributed by atoms with Gasteiger partial charge in [0.05, 0.1) is 16.6 Å². The average Bonchev–Trinajstić information content (AvgIpc) is 2.94. The molecule has 0 bridgehead atoms. The predicted octanol–water partition coefficient (Wildman–Crippen LogP) is 4.74. The Hall–Kier alpha value is -3.00. The molecule has 148 valence electrons. The summed E-state index contributed by atoms with van der Waals surface area (Å²) >= 11 is 1.33. The van der Waals surface area contributed by atoms with Gasteiger partial charge in [0.1, 0.15) is 5.00 Å². The molecule has 1 aromatic heterocycles. The summed E-state index contributed by atoms with van der Waals surface area (Å²) in [7, 11) is 0. The fourth-order valence-corrected chi connectivity index (χ4v) is 3.75. The Morgan fingerprint density at radius 1 is 1.29 bits per heavy atom. The zero-order chi connectivity index (χ0) is 20.8. The van der Waals surface area contributed by atoms with Gasteiger partial charge < -0.3 is 10.1 Å². The van der Waals surface area contributed by atoms with E-state index < -0.39 is 16.8 Å². The molecule has 1 heterocycles. The van der Waals surface area contributed by atoms with Crippen molar-refractivity contribution in [2.75, 3.05) is 5.32 Å². The molecule has 1 aromatic carbocycles. The number of aryl methyl sites for hydroxylation is 1. The molecule has 0 atom stereocenters. The zero-order valence-corrected chi connectivity index (χ0v) is 17.0. The van der Waals surface area contributed by atoms with E-state index in [1.807, 2.05) is 13.8 Å². The van der Waals surface area contributed by atoms with Crippen molar-refractivity contribution in [3.8, 4) is 0 Å². The standard InChI is InChI=1S/C20H22N2O5S/c1-5-16-13(4)28-19(18(16)20(24)27-12(2)3)21-17(23)11-8-14-6-9-15(10-7-14)22(25)26/h6-12H,5H2,1-4H3,(H,21,23)/b11-8+. The molecule has 1 amide bonds. The monoisotopic (exact) mass is 402 g/mol. The number of carbonyl (C=O) groups is 2. The lowest BCUT2D eigenvalue weighted by atomic mass is 10.1. The van der Waals surface area contributed by atoms with Gasteiger partial charge in [-0.15, -0.1) is 11.3 Å². The number of rotatable bonds is 7. The molecule has 28 heavy (non-hydrogen) atoms. The Bertz CT molecular complexity index is 913. The van der Waals surface area contributed by atoms with Gasteiger partial charge in [-0.1, -0.05) is 6.92 Å². The Labute approximate surface area is 167 Å². The highest BCUT2D eigenvalue weighted by molar-refractivity contribution is 7.16. The summed E-state index contributed by atoms with van der Waals surface area (Å²) < 4.78 is 5.32. The van der Waals surface area contributed by atoms with Gasteiger partial charge in [0.15, 0.2) is 0 Å². The molecule has 0 aliphatic rings. The predicted molar refractivity (Wildman–Crippen MR) is 110 cm³/mol. The Morgan fingerprint density at radius 3 is 2.46 bits per heavy atom. The number of nitro benzene ring substituents is 1. The van der Waals surface area contributed by atoms with Crippen molar-refractivity contribution in [1.29, 1.82) is 0 Å². The van der Waals surface area contributed by atoms with Crippen molar-refractivity contribution in [3.63, 3.8) is 0 Å². The molecule has 0 aliphatic carbocycles. The summed E-state index contributed by atoms with van der Waals surface area (Å²) in [6.07, 6.45) is 3.26. The first-order chi connectivity index (χ1) is 13.2. The first-order valence-corrected chi connectivity index (χ1v) is 9.61. The number of hydrogen-bond donors (Lipinski definition) is 1. The maximum Gasteiger partial charge on any atom is 0.341 e. The van der Waals surface area contributed by atoms with Crippen LogP contribution in [-0.2, 0) is 16.0 Å². The summed E-state index contributed by atoms with van der Waals surface area (Å²) in [5, 5.41) is 13.9. The van der Waals surface area contributed by atoms with Crippen molar-refractivity contribution in [2.45, 2.75) is 40.2 Å². The van der Waals surface area contributed by atoms with Crippen molar-refractivity contribution in [1.82, 2.24) is 0 Å². The lowest BCUT2D eigenvalue weighted by Crippen LogP contribution is -2.16. The molecule has 1 N–H and O–H groups in total. The molecule has 2 rings (SSSR count). The minimum Gasteiger partial charge on any atom is -0.459 e. The summed E-state index contributed by atoms with van der Waals surface area (Å²) in [4.78, 5) is 35.9. The number of nitro groups is 1. The smallest absolute Gasteiger partial charge is 0.341 e. The van der Waals surface area contributed by atoms with Crippen molar-refractivity contribution in [3.05, 3.63) is 62.0 Å². The third-order valence-electron chi connectivity index (χ3n) is 3.88.